The molecule has 1 saturated heterocycles. The number of ether oxygens (including phenoxy) is 1. The summed E-state index contributed by atoms with van der Waals surface area (Å²) in [4.78, 5) is 2.38. The zero-order valence-electron chi connectivity index (χ0n) is 8.24. The quantitative estimate of drug-likeness (QED) is 0.660. The molecule has 74 valence electrons. The third kappa shape index (κ3) is 3.39. The third-order valence-electron chi connectivity index (χ3n) is 2.74. The predicted molar refractivity (Wildman–Crippen MR) is 53.5 cm³/mol. The van der Waals surface area contributed by atoms with E-state index in [0.29, 0.717) is 0 Å². The Labute approximate surface area is 80.6 Å². The lowest BCUT2D eigenvalue weighted by atomic mass is 10.3. The molecule has 0 aromatic carbocycles. The molecule has 2 aliphatic rings. The summed E-state index contributed by atoms with van der Waals surface area (Å²) < 4.78 is 5.39. The van der Waals surface area contributed by atoms with Gasteiger partial charge in [0, 0.05) is 19.7 Å². The monoisotopic (exact) mass is 181 g/mol. The Hall–Kier alpha value is -0.500. The van der Waals surface area contributed by atoms with Crippen molar-refractivity contribution in [1.29, 1.82) is 0 Å². The minimum absolute atomic E-state index is 0.897. The molecule has 13 heavy (non-hydrogen) atoms. The van der Waals surface area contributed by atoms with Crippen LogP contribution in [0.15, 0.2) is 12.3 Å². The predicted octanol–water partition coefficient (Wildman–Crippen LogP) is 2.02. The first-order valence-electron chi connectivity index (χ1n) is 5.43. The molecule has 2 nitrogen and oxygen atoms in total. The van der Waals surface area contributed by atoms with E-state index in [1.54, 1.807) is 0 Å². The normalized spacial score (nSPS) is 25.1. The van der Waals surface area contributed by atoms with E-state index in [4.69, 9.17) is 4.74 Å². The van der Waals surface area contributed by atoms with Gasteiger partial charge in [-0.1, -0.05) is 6.08 Å². The largest absolute Gasteiger partial charge is 0.380 e. The van der Waals surface area contributed by atoms with Crippen molar-refractivity contribution in [2.24, 2.45) is 5.92 Å². The number of rotatable bonds is 3. The van der Waals surface area contributed by atoms with Gasteiger partial charge in [-0.25, -0.2) is 0 Å². The van der Waals surface area contributed by atoms with Crippen molar-refractivity contribution in [1.82, 2.24) is 4.90 Å². The van der Waals surface area contributed by atoms with Gasteiger partial charge in [0.1, 0.15) is 0 Å². The van der Waals surface area contributed by atoms with E-state index in [1.807, 2.05) is 0 Å². The molecule has 0 aromatic heterocycles. The standard InChI is InChI=1S/C11H19NO/c1(3-11-4-5-11)6-12-7-2-9-13-10-8-12/h1,6,11H,2-5,7-10H2/b6-1-. The Balaban J connectivity index is 1.67. The van der Waals surface area contributed by atoms with Crippen molar-refractivity contribution in [2.75, 3.05) is 26.3 Å². The Kier molecular flexibility index (Phi) is 3.25. The summed E-state index contributed by atoms with van der Waals surface area (Å²) >= 11 is 0. The van der Waals surface area contributed by atoms with Crippen LogP contribution >= 0.6 is 0 Å². The molecule has 0 aromatic rings. The van der Waals surface area contributed by atoms with Crippen LogP contribution in [-0.2, 0) is 4.74 Å². The van der Waals surface area contributed by atoms with Crippen molar-refractivity contribution >= 4 is 0 Å². The first-order valence-corrected chi connectivity index (χ1v) is 5.43. The summed E-state index contributed by atoms with van der Waals surface area (Å²) in [5.41, 5.74) is 0. The van der Waals surface area contributed by atoms with E-state index in [9.17, 15) is 0 Å². The van der Waals surface area contributed by atoms with Gasteiger partial charge in [-0.05, 0) is 37.8 Å². The molecular weight excluding hydrogens is 162 g/mol. The van der Waals surface area contributed by atoms with Crippen LogP contribution in [0.4, 0.5) is 0 Å². The van der Waals surface area contributed by atoms with Gasteiger partial charge in [0.2, 0.25) is 0 Å². The minimum atomic E-state index is 0.897. The highest BCUT2D eigenvalue weighted by Crippen LogP contribution is 2.32. The topological polar surface area (TPSA) is 12.5 Å². The lowest BCUT2D eigenvalue weighted by molar-refractivity contribution is 0.146. The van der Waals surface area contributed by atoms with E-state index in [0.717, 1.165) is 25.7 Å². The zero-order chi connectivity index (χ0) is 8.93. The highest BCUT2D eigenvalue weighted by molar-refractivity contribution is 4.88. The number of allylic oxidation sites excluding steroid dienone is 1. The lowest BCUT2D eigenvalue weighted by Gasteiger charge is -2.15. The molecule has 0 unspecified atom stereocenters. The van der Waals surface area contributed by atoms with Crippen LogP contribution in [0.5, 0.6) is 0 Å². The highest BCUT2D eigenvalue weighted by atomic mass is 16.5. The molecule has 1 saturated carbocycles. The average Bonchev–Trinajstić information content (AvgIpc) is 2.91. The molecule has 0 N–H and O–H groups in total. The molecule has 1 heterocycles. The van der Waals surface area contributed by atoms with Gasteiger partial charge in [-0.2, -0.15) is 0 Å². The van der Waals surface area contributed by atoms with Crippen molar-refractivity contribution in [2.45, 2.75) is 25.7 Å². The molecule has 0 spiro atoms. The van der Waals surface area contributed by atoms with Gasteiger partial charge < -0.3 is 9.64 Å². The maximum absolute atomic E-state index is 5.39. The fourth-order valence-electron chi connectivity index (χ4n) is 1.67. The van der Waals surface area contributed by atoms with E-state index < -0.39 is 0 Å². The van der Waals surface area contributed by atoms with Crippen LogP contribution in [0.3, 0.4) is 0 Å². The lowest BCUT2D eigenvalue weighted by Crippen LogP contribution is -2.19. The molecule has 2 fully saturated rings. The van der Waals surface area contributed by atoms with E-state index >= 15 is 0 Å². The van der Waals surface area contributed by atoms with Gasteiger partial charge in [0.25, 0.3) is 0 Å². The van der Waals surface area contributed by atoms with Gasteiger partial charge >= 0.3 is 0 Å². The van der Waals surface area contributed by atoms with Crippen LogP contribution in [0.1, 0.15) is 25.7 Å². The minimum Gasteiger partial charge on any atom is -0.380 e. The van der Waals surface area contributed by atoms with Crippen LogP contribution in [0.25, 0.3) is 0 Å². The fourth-order valence-corrected chi connectivity index (χ4v) is 1.67. The second kappa shape index (κ2) is 4.66. The van der Waals surface area contributed by atoms with Crippen LogP contribution < -0.4 is 0 Å². The number of hydrogen-bond donors (Lipinski definition) is 0. The van der Waals surface area contributed by atoms with E-state index in [-0.39, 0.29) is 0 Å². The maximum atomic E-state index is 5.39. The summed E-state index contributed by atoms with van der Waals surface area (Å²) in [5, 5.41) is 0. The number of hydrogen-bond acceptors (Lipinski definition) is 2. The molecule has 2 heteroatoms. The van der Waals surface area contributed by atoms with Gasteiger partial charge in [-0.15, -0.1) is 0 Å². The first kappa shape index (κ1) is 9.07. The molecule has 0 bridgehead atoms. The Morgan fingerprint density at radius 2 is 2.15 bits per heavy atom. The summed E-state index contributed by atoms with van der Waals surface area (Å²) in [6.07, 6.45) is 9.97. The van der Waals surface area contributed by atoms with Crippen LogP contribution in [0, 0.1) is 5.92 Å². The molecule has 2 rings (SSSR count). The van der Waals surface area contributed by atoms with Gasteiger partial charge in [0.05, 0.1) is 6.61 Å². The Morgan fingerprint density at radius 1 is 1.23 bits per heavy atom. The van der Waals surface area contributed by atoms with Crippen LogP contribution in [-0.4, -0.2) is 31.2 Å². The highest BCUT2D eigenvalue weighted by Gasteiger charge is 2.19. The van der Waals surface area contributed by atoms with E-state index in [1.165, 1.54) is 32.2 Å². The van der Waals surface area contributed by atoms with Crippen molar-refractivity contribution < 1.29 is 4.74 Å². The summed E-state index contributed by atoms with van der Waals surface area (Å²) in [7, 11) is 0. The van der Waals surface area contributed by atoms with Crippen LogP contribution in [0.2, 0.25) is 0 Å². The van der Waals surface area contributed by atoms with E-state index in [2.05, 4.69) is 17.2 Å². The molecule has 0 amide bonds. The van der Waals surface area contributed by atoms with Crippen molar-refractivity contribution in [3.63, 3.8) is 0 Å². The van der Waals surface area contributed by atoms with Crippen molar-refractivity contribution in [3.8, 4) is 0 Å². The SMILES string of the molecule is C(=C/N1CCCOCC1)/CC1CC1. The molecular formula is C11H19NO. The molecule has 1 aliphatic heterocycles. The zero-order valence-corrected chi connectivity index (χ0v) is 8.24. The average molecular weight is 181 g/mol. The second-order valence-electron chi connectivity index (χ2n) is 4.07. The van der Waals surface area contributed by atoms with Gasteiger partial charge in [0.15, 0.2) is 0 Å². The smallest absolute Gasteiger partial charge is 0.0641 e. The second-order valence-corrected chi connectivity index (χ2v) is 4.07. The summed E-state index contributed by atoms with van der Waals surface area (Å²) in [6.45, 7) is 4.07. The Bertz CT molecular complexity index is 167. The summed E-state index contributed by atoms with van der Waals surface area (Å²) in [6, 6.07) is 0. The summed E-state index contributed by atoms with van der Waals surface area (Å²) in [5.74, 6) is 1.01. The molecule has 0 atom stereocenters. The molecule has 1 aliphatic carbocycles. The van der Waals surface area contributed by atoms with Gasteiger partial charge in [-0.3, -0.25) is 0 Å². The molecule has 0 radical (unpaired) electrons. The fraction of sp³-hybridized carbons (Fsp3) is 0.818. The first-order chi connectivity index (χ1) is 6.45. The maximum Gasteiger partial charge on any atom is 0.0641 e. The Morgan fingerprint density at radius 3 is 3.00 bits per heavy atom. The third-order valence-corrected chi connectivity index (χ3v) is 2.74. The number of nitrogens with zero attached hydrogens (tertiary/aromatic N) is 1. The van der Waals surface area contributed by atoms with Crippen molar-refractivity contribution in [3.05, 3.63) is 12.3 Å².